The molecular weight excluding hydrogens is 1190 g/mol. The lowest BCUT2D eigenvalue weighted by molar-refractivity contribution is -0.161. The third-order valence-electron chi connectivity index (χ3n) is 16.9. The van der Waals surface area contributed by atoms with E-state index in [1.165, 1.54) is 193 Å². The molecular formula is C71H138O17P2. The number of carbonyl (C=O) groups is 4. The van der Waals surface area contributed by atoms with Crippen molar-refractivity contribution in [2.45, 2.75) is 387 Å². The van der Waals surface area contributed by atoms with Crippen LogP contribution in [0.2, 0.25) is 0 Å². The van der Waals surface area contributed by atoms with E-state index < -0.39 is 97.5 Å². The van der Waals surface area contributed by atoms with Gasteiger partial charge in [-0.1, -0.05) is 317 Å². The first-order chi connectivity index (χ1) is 43.6. The van der Waals surface area contributed by atoms with Gasteiger partial charge >= 0.3 is 39.5 Å². The van der Waals surface area contributed by atoms with Crippen LogP contribution in [0.4, 0.5) is 0 Å². The Bertz CT molecular complexity index is 1740. The number of rotatable bonds is 71. The zero-order valence-electron chi connectivity index (χ0n) is 58.3. The van der Waals surface area contributed by atoms with Crippen molar-refractivity contribution in [2.24, 2.45) is 5.92 Å². The molecule has 0 aliphatic heterocycles. The molecule has 0 aromatic heterocycles. The molecule has 0 heterocycles. The Hall–Kier alpha value is -1.94. The molecule has 6 atom stereocenters. The molecule has 0 aliphatic rings. The second-order valence-corrected chi connectivity index (χ2v) is 28.8. The van der Waals surface area contributed by atoms with Crippen molar-refractivity contribution >= 4 is 39.5 Å². The Morgan fingerprint density at radius 1 is 0.311 bits per heavy atom. The number of hydrogen-bond donors (Lipinski definition) is 3. The molecule has 0 amide bonds. The van der Waals surface area contributed by atoms with Crippen molar-refractivity contribution in [3.8, 4) is 0 Å². The maximum atomic E-state index is 13.0. The second kappa shape index (κ2) is 64.4. The van der Waals surface area contributed by atoms with Crippen molar-refractivity contribution in [2.75, 3.05) is 39.6 Å². The first-order valence-electron chi connectivity index (χ1n) is 37.2. The van der Waals surface area contributed by atoms with E-state index in [1.807, 2.05) is 0 Å². The Morgan fingerprint density at radius 2 is 0.533 bits per heavy atom. The molecule has 0 rings (SSSR count). The molecule has 3 unspecified atom stereocenters. The highest BCUT2D eigenvalue weighted by Crippen LogP contribution is 2.45. The summed E-state index contributed by atoms with van der Waals surface area (Å²) in [4.78, 5) is 72.5. The Kier molecular flexibility index (Phi) is 63.0. The predicted octanol–water partition coefficient (Wildman–Crippen LogP) is 20.5. The van der Waals surface area contributed by atoms with E-state index in [2.05, 4.69) is 34.6 Å². The summed E-state index contributed by atoms with van der Waals surface area (Å²) in [6.07, 6.45) is 51.1. The number of phosphoric acid groups is 2. The van der Waals surface area contributed by atoms with Crippen molar-refractivity contribution in [3.05, 3.63) is 0 Å². The van der Waals surface area contributed by atoms with E-state index >= 15 is 0 Å². The van der Waals surface area contributed by atoms with Crippen LogP contribution in [0, 0.1) is 5.92 Å². The van der Waals surface area contributed by atoms with Crippen LogP contribution >= 0.6 is 15.6 Å². The number of hydrogen-bond acceptors (Lipinski definition) is 15. The molecule has 0 aliphatic carbocycles. The molecule has 534 valence electrons. The highest BCUT2D eigenvalue weighted by atomic mass is 31.2. The molecule has 17 nitrogen and oxygen atoms in total. The lowest BCUT2D eigenvalue weighted by Gasteiger charge is -2.21. The van der Waals surface area contributed by atoms with Crippen LogP contribution in [-0.4, -0.2) is 96.7 Å². The van der Waals surface area contributed by atoms with Crippen LogP contribution in [-0.2, 0) is 65.4 Å². The number of phosphoric ester groups is 2. The predicted molar refractivity (Wildman–Crippen MR) is 363 cm³/mol. The van der Waals surface area contributed by atoms with Gasteiger partial charge in [0.15, 0.2) is 12.2 Å². The molecule has 19 heteroatoms. The highest BCUT2D eigenvalue weighted by molar-refractivity contribution is 7.47. The molecule has 0 aromatic carbocycles. The summed E-state index contributed by atoms with van der Waals surface area (Å²) in [5.74, 6) is -1.31. The Morgan fingerprint density at radius 3 is 0.789 bits per heavy atom. The van der Waals surface area contributed by atoms with Crippen LogP contribution in [0.3, 0.4) is 0 Å². The first kappa shape index (κ1) is 88.1. The first-order valence-corrected chi connectivity index (χ1v) is 40.2. The van der Waals surface area contributed by atoms with E-state index in [4.69, 9.17) is 37.0 Å². The number of ether oxygens (including phenoxy) is 4. The normalized spacial score (nSPS) is 14.4. The molecule has 3 N–H and O–H groups in total. The van der Waals surface area contributed by atoms with E-state index in [-0.39, 0.29) is 25.7 Å². The fraction of sp³-hybridized carbons (Fsp3) is 0.944. The summed E-state index contributed by atoms with van der Waals surface area (Å²) in [5, 5.41) is 10.6. The van der Waals surface area contributed by atoms with Crippen molar-refractivity contribution in [1.29, 1.82) is 0 Å². The van der Waals surface area contributed by atoms with Gasteiger partial charge in [-0.25, -0.2) is 9.13 Å². The van der Waals surface area contributed by atoms with Gasteiger partial charge in [-0.05, 0) is 31.6 Å². The minimum Gasteiger partial charge on any atom is -0.462 e. The van der Waals surface area contributed by atoms with Crippen LogP contribution in [0.1, 0.15) is 369 Å². The van der Waals surface area contributed by atoms with Gasteiger partial charge in [0, 0.05) is 25.7 Å². The van der Waals surface area contributed by atoms with Crippen LogP contribution in [0.5, 0.6) is 0 Å². The fourth-order valence-electron chi connectivity index (χ4n) is 10.8. The van der Waals surface area contributed by atoms with Crippen LogP contribution < -0.4 is 0 Å². The maximum Gasteiger partial charge on any atom is 0.472 e. The molecule has 0 saturated carbocycles. The SMILES string of the molecule is CCCCCCCCCCCCCCCCCCC(=O)O[C@H](COC(=O)CCCCCCCCCCCCC(C)CC)COP(=O)(O)OC[C@@H](O)COP(=O)(O)OC[C@@H](COC(=O)CCCCCCCCCCCC)OC(=O)CCCCCCCCCCCC. The van der Waals surface area contributed by atoms with Gasteiger partial charge in [0.1, 0.15) is 19.3 Å². The molecule has 0 saturated heterocycles. The molecule has 0 fully saturated rings. The van der Waals surface area contributed by atoms with Gasteiger partial charge in [0.05, 0.1) is 26.4 Å². The molecule has 90 heavy (non-hydrogen) atoms. The topological polar surface area (TPSA) is 237 Å². The largest absolute Gasteiger partial charge is 0.472 e. The smallest absolute Gasteiger partial charge is 0.462 e. The van der Waals surface area contributed by atoms with Gasteiger partial charge < -0.3 is 33.8 Å². The molecule has 0 bridgehead atoms. The van der Waals surface area contributed by atoms with E-state index in [9.17, 15) is 43.2 Å². The van der Waals surface area contributed by atoms with Gasteiger partial charge in [0.25, 0.3) is 0 Å². The summed E-state index contributed by atoms with van der Waals surface area (Å²) in [6, 6.07) is 0. The molecule has 0 radical (unpaired) electrons. The number of aliphatic hydroxyl groups excluding tert-OH is 1. The zero-order valence-corrected chi connectivity index (χ0v) is 60.1. The molecule has 0 aromatic rings. The Balaban J connectivity index is 5.23. The van der Waals surface area contributed by atoms with Crippen molar-refractivity contribution in [3.63, 3.8) is 0 Å². The van der Waals surface area contributed by atoms with Crippen molar-refractivity contribution < 1.29 is 80.2 Å². The standard InChI is InChI=1S/C71H138O17P2/c1-6-10-13-16-19-22-25-26-27-28-29-30-37-42-47-52-57-71(76)88-67(61-82-69(74)55-50-45-40-36-32-31-33-38-43-48-53-64(5)9-4)63-86-90(79,80)84-59-65(72)58-83-89(77,78)85-62-66(87-70(75)56-51-46-41-35-24-21-18-15-12-8-3)60-81-68(73)54-49-44-39-34-23-20-17-14-11-7-2/h64-67,72H,6-63H2,1-5H3,(H,77,78)(H,79,80)/t64?,65-,66+,67+/m0/s1. The summed E-state index contributed by atoms with van der Waals surface area (Å²) < 4.78 is 68.3. The van der Waals surface area contributed by atoms with Gasteiger partial charge in [0.2, 0.25) is 0 Å². The van der Waals surface area contributed by atoms with Gasteiger partial charge in [-0.2, -0.15) is 0 Å². The minimum atomic E-state index is -4.95. The average Bonchev–Trinajstić information content (AvgIpc) is 3.41. The summed E-state index contributed by atoms with van der Waals surface area (Å²) >= 11 is 0. The lowest BCUT2D eigenvalue weighted by atomic mass is 9.99. The summed E-state index contributed by atoms with van der Waals surface area (Å²) in [5.41, 5.74) is 0. The quantitative estimate of drug-likeness (QED) is 0.0222. The highest BCUT2D eigenvalue weighted by Gasteiger charge is 2.30. The minimum absolute atomic E-state index is 0.107. The van der Waals surface area contributed by atoms with Gasteiger partial charge in [-0.3, -0.25) is 37.3 Å². The second-order valence-electron chi connectivity index (χ2n) is 25.9. The summed E-state index contributed by atoms with van der Waals surface area (Å²) in [7, 11) is -9.90. The molecule has 0 spiro atoms. The zero-order chi connectivity index (χ0) is 66.3. The summed E-state index contributed by atoms with van der Waals surface area (Å²) in [6.45, 7) is 7.27. The number of carbonyl (C=O) groups excluding carboxylic acids is 4. The number of aliphatic hydroxyl groups is 1. The lowest BCUT2D eigenvalue weighted by Crippen LogP contribution is -2.30. The maximum absolute atomic E-state index is 13.0. The fourth-order valence-corrected chi connectivity index (χ4v) is 12.4. The van der Waals surface area contributed by atoms with E-state index in [0.29, 0.717) is 25.7 Å². The number of esters is 4. The van der Waals surface area contributed by atoms with Crippen LogP contribution in [0.15, 0.2) is 0 Å². The van der Waals surface area contributed by atoms with E-state index in [0.717, 1.165) is 95.8 Å². The van der Waals surface area contributed by atoms with Crippen molar-refractivity contribution in [1.82, 2.24) is 0 Å². The monoisotopic (exact) mass is 1320 g/mol. The average molecular weight is 1330 g/mol. The number of unbranched alkanes of at least 4 members (excludes halogenated alkanes) is 42. The van der Waals surface area contributed by atoms with E-state index in [1.54, 1.807) is 0 Å². The third kappa shape index (κ3) is 63.5. The third-order valence-corrected chi connectivity index (χ3v) is 18.8. The Labute approximate surface area is 549 Å². The van der Waals surface area contributed by atoms with Gasteiger partial charge in [-0.15, -0.1) is 0 Å². The van der Waals surface area contributed by atoms with Crippen LogP contribution in [0.25, 0.3) is 0 Å².